The van der Waals surface area contributed by atoms with Crippen LogP contribution < -0.4 is 5.69 Å². The normalized spacial score (nSPS) is 15.5. The summed E-state index contributed by atoms with van der Waals surface area (Å²) in [4.78, 5) is 30.5. The Labute approximate surface area is 112 Å². The lowest BCUT2D eigenvalue weighted by molar-refractivity contribution is 0.0586. The van der Waals surface area contributed by atoms with E-state index in [1.165, 1.54) is 4.57 Å². The zero-order valence-corrected chi connectivity index (χ0v) is 11.0. The predicted octanol–water partition coefficient (Wildman–Crippen LogP) is -0.266. The maximum absolute atomic E-state index is 12.0. The van der Waals surface area contributed by atoms with Crippen LogP contribution >= 0.6 is 12.2 Å². The minimum atomic E-state index is -0.241. The summed E-state index contributed by atoms with van der Waals surface area (Å²) in [7, 11) is 1.66. The highest BCUT2D eigenvalue weighted by atomic mass is 32.1. The lowest BCUT2D eigenvalue weighted by Crippen LogP contribution is -2.49. The average molecular weight is 280 g/mol. The molecule has 1 saturated heterocycles. The number of hydrogen-bond donors (Lipinski definition) is 3. The second-order valence-corrected chi connectivity index (χ2v) is 4.92. The highest BCUT2D eigenvalue weighted by molar-refractivity contribution is 7.71. The maximum atomic E-state index is 12.0. The van der Waals surface area contributed by atoms with Gasteiger partial charge in [0.05, 0.1) is 5.92 Å². The first kappa shape index (κ1) is 11.9. The van der Waals surface area contributed by atoms with Crippen LogP contribution in [0.2, 0.25) is 0 Å². The van der Waals surface area contributed by atoms with E-state index in [0.29, 0.717) is 29.4 Å². The van der Waals surface area contributed by atoms with Crippen molar-refractivity contribution in [1.82, 2.24) is 29.6 Å². The smallest absolute Gasteiger partial charge is 0.337 e. The summed E-state index contributed by atoms with van der Waals surface area (Å²) in [5.41, 5.74) is 0.203. The molecule has 3 heterocycles. The molecule has 1 aliphatic heterocycles. The van der Waals surface area contributed by atoms with E-state index in [1.54, 1.807) is 18.1 Å². The van der Waals surface area contributed by atoms with Crippen molar-refractivity contribution in [2.75, 3.05) is 13.1 Å². The first-order chi connectivity index (χ1) is 9.06. The Kier molecular flexibility index (Phi) is 2.63. The van der Waals surface area contributed by atoms with Crippen LogP contribution in [0.3, 0.4) is 0 Å². The fourth-order valence-corrected chi connectivity index (χ4v) is 2.32. The number of rotatable bonds is 2. The third-order valence-electron chi connectivity index (χ3n) is 3.27. The molecule has 0 unspecified atom stereocenters. The van der Waals surface area contributed by atoms with Crippen molar-refractivity contribution in [2.24, 2.45) is 7.05 Å². The summed E-state index contributed by atoms with van der Waals surface area (Å²) in [6.45, 7) is 1.09. The molecule has 0 atom stereocenters. The number of H-pyrrole nitrogens is 3. The van der Waals surface area contributed by atoms with E-state index in [-0.39, 0.29) is 17.5 Å². The van der Waals surface area contributed by atoms with Crippen LogP contribution in [0.15, 0.2) is 11.0 Å². The lowest BCUT2D eigenvalue weighted by atomic mass is 9.99. The summed E-state index contributed by atoms with van der Waals surface area (Å²) >= 11 is 4.88. The molecular weight excluding hydrogens is 268 g/mol. The van der Waals surface area contributed by atoms with Gasteiger partial charge in [0.1, 0.15) is 11.5 Å². The van der Waals surface area contributed by atoms with Gasteiger partial charge in [0, 0.05) is 26.3 Å². The van der Waals surface area contributed by atoms with Gasteiger partial charge in [-0.05, 0) is 12.2 Å². The van der Waals surface area contributed by atoms with E-state index in [0.717, 1.165) is 0 Å². The third kappa shape index (κ3) is 1.91. The number of nitrogens with one attached hydrogen (secondary N) is 3. The van der Waals surface area contributed by atoms with Gasteiger partial charge < -0.3 is 14.9 Å². The van der Waals surface area contributed by atoms with Crippen LogP contribution in [0, 0.1) is 4.77 Å². The molecule has 8 nitrogen and oxygen atoms in total. The van der Waals surface area contributed by atoms with Crippen molar-refractivity contribution in [1.29, 1.82) is 0 Å². The molecule has 0 saturated carbocycles. The molecule has 2 aromatic heterocycles. The zero-order valence-electron chi connectivity index (χ0n) is 10.1. The van der Waals surface area contributed by atoms with Gasteiger partial charge in [-0.1, -0.05) is 0 Å². The van der Waals surface area contributed by atoms with Crippen molar-refractivity contribution in [3.05, 3.63) is 33.0 Å². The largest absolute Gasteiger partial charge is 0.343 e. The van der Waals surface area contributed by atoms with E-state index in [1.807, 2.05) is 0 Å². The van der Waals surface area contributed by atoms with E-state index < -0.39 is 0 Å². The summed E-state index contributed by atoms with van der Waals surface area (Å²) in [5.74, 6) is 0.662. The van der Waals surface area contributed by atoms with Gasteiger partial charge in [-0.3, -0.25) is 9.36 Å². The number of carbonyl (C=O) groups is 1. The van der Waals surface area contributed by atoms with Crippen molar-refractivity contribution >= 4 is 18.1 Å². The molecule has 0 spiro atoms. The van der Waals surface area contributed by atoms with Crippen molar-refractivity contribution in [2.45, 2.75) is 5.92 Å². The van der Waals surface area contributed by atoms with Crippen molar-refractivity contribution < 1.29 is 4.79 Å². The van der Waals surface area contributed by atoms with Gasteiger partial charge in [-0.2, -0.15) is 5.10 Å². The fraction of sp³-hybridized carbons (Fsp3) is 0.400. The molecule has 0 aromatic carbocycles. The van der Waals surface area contributed by atoms with Crippen LogP contribution in [-0.2, 0) is 7.05 Å². The molecule has 1 fully saturated rings. The molecule has 100 valence electrons. The molecular formula is C10H12N6O2S. The van der Waals surface area contributed by atoms with Gasteiger partial charge in [0.2, 0.25) is 0 Å². The Morgan fingerprint density at radius 2 is 2.26 bits per heavy atom. The Bertz CT molecular complexity index is 732. The Hall–Kier alpha value is -2.16. The standard InChI is InChI=1S/C10H12N6O2S/c1-15-7(13-14-10(15)18)5-3-16(4-5)8(17)6-2-11-9(19)12-6/h2,5H,3-4H2,1H3,(H,14,18)(H2,11,12,19). The van der Waals surface area contributed by atoms with Gasteiger partial charge in [0.15, 0.2) is 4.77 Å². The van der Waals surface area contributed by atoms with Gasteiger partial charge in [-0.15, -0.1) is 0 Å². The number of aromatic nitrogens is 5. The molecule has 3 N–H and O–H groups in total. The molecule has 0 bridgehead atoms. The minimum absolute atomic E-state index is 0.0924. The first-order valence-electron chi connectivity index (χ1n) is 5.74. The number of amides is 1. The predicted molar refractivity (Wildman–Crippen MR) is 68.5 cm³/mol. The van der Waals surface area contributed by atoms with E-state index in [9.17, 15) is 9.59 Å². The quantitative estimate of drug-likeness (QED) is 0.659. The summed E-state index contributed by atoms with van der Waals surface area (Å²) < 4.78 is 1.89. The molecule has 2 aromatic rings. The third-order valence-corrected chi connectivity index (χ3v) is 3.49. The fourth-order valence-electron chi connectivity index (χ4n) is 2.15. The van der Waals surface area contributed by atoms with Gasteiger partial charge in [-0.25, -0.2) is 9.89 Å². The Morgan fingerprint density at radius 3 is 2.79 bits per heavy atom. The van der Waals surface area contributed by atoms with E-state index in [2.05, 4.69) is 20.2 Å². The van der Waals surface area contributed by atoms with Crippen LogP contribution in [0.25, 0.3) is 0 Å². The highest BCUT2D eigenvalue weighted by Crippen LogP contribution is 2.25. The minimum Gasteiger partial charge on any atom is -0.337 e. The van der Waals surface area contributed by atoms with Crippen LogP contribution in [-0.4, -0.2) is 48.6 Å². The van der Waals surface area contributed by atoms with E-state index in [4.69, 9.17) is 12.2 Å². The van der Waals surface area contributed by atoms with Crippen molar-refractivity contribution in [3.8, 4) is 0 Å². The van der Waals surface area contributed by atoms with Crippen LogP contribution in [0.5, 0.6) is 0 Å². The second kappa shape index (κ2) is 4.19. The lowest BCUT2D eigenvalue weighted by Gasteiger charge is -2.38. The van der Waals surface area contributed by atoms with Gasteiger partial charge in [0.25, 0.3) is 5.91 Å². The Morgan fingerprint density at radius 1 is 1.53 bits per heavy atom. The molecule has 1 aliphatic rings. The van der Waals surface area contributed by atoms with E-state index >= 15 is 0 Å². The SMILES string of the molecule is Cn1c(C2CN(C(=O)c3c[nH]c(=S)[nH]3)C2)n[nH]c1=O. The second-order valence-electron chi connectivity index (χ2n) is 4.51. The number of likely N-dealkylation sites (tertiary alicyclic amines) is 1. The van der Waals surface area contributed by atoms with Gasteiger partial charge >= 0.3 is 5.69 Å². The number of carbonyl (C=O) groups excluding carboxylic acids is 1. The molecule has 19 heavy (non-hydrogen) atoms. The summed E-state index contributed by atoms with van der Waals surface area (Å²) in [6.07, 6.45) is 1.56. The number of aromatic amines is 3. The Balaban J connectivity index is 1.70. The first-order valence-corrected chi connectivity index (χ1v) is 6.15. The number of nitrogens with zero attached hydrogens (tertiary/aromatic N) is 3. The molecule has 0 radical (unpaired) electrons. The number of hydrogen-bond acceptors (Lipinski definition) is 4. The maximum Gasteiger partial charge on any atom is 0.343 e. The average Bonchev–Trinajstić information content (AvgIpc) is 2.88. The van der Waals surface area contributed by atoms with Crippen molar-refractivity contribution in [3.63, 3.8) is 0 Å². The molecule has 9 heteroatoms. The molecule has 0 aliphatic carbocycles. The molecule has 3 rings (SSSR count). The van der Waals surface area contributed by atoms with Crippen LogP contribution in [0.4, 0.5) is 0 Å². The monoisotopic (exact) mass is 280 g/mol. The topological polar surface area (TPSA) is 103 Å². The highest BCUT2D eigenvalue weighted by Gasteiger charge is 2.35. The van der Waals surface area contributed by atoms with Crippen LogP contribution in [0.1, 0.15) is 22.2 Å². The summed E-state index contributed by atoms with van der Waals surface area (Å²) in [6, 6.07) is 0. The number of imidazole rings is 1. The molecule has 1 amide bonds. The summed E-state index contributed by atoms with van der Waals surface area (Å²) in [5, 5.41) is 6.36. The zero-order chi connectivity index (χ0) is 13.6.